The number of hydrogen-bond acceptors (Lipinski definition) is 1. The van der Waals surface area contributed by atoms with Crippen LogP contribution in [-0.4, -0.2) is 5.91 Å². The maximum atomic E-state index is 11.1. The lowest BCUT2D eigenvalue weighted by Gasteiger charge is -2.21. The molecule has 0 saturated heterocycles. The highest BCUT2D eigenvalue weighted by Gasteiger charge is 2.20. The zero-order valence-corrected chi connectivity index (χ0v) is 8.23. The van der Waals surface area contributed by atoms with Crippen molar-refractivity contribution in [1.82, 2.24) is 0 Å². The first kappa shape index (κ1) is 10.1. The zero-order chi connectivity index (χ0) is 8.55. The number of benzene rings is 1. The van der Waals surface area contributed by atoms with Gasteiger partial charge in [0, 0.05) is 12.1 Å². The lowest BCUT2D eigenvalue weighted by Crippen LogP contribution is -2.21. The lowest BCUT2D eigenvalue weighted by molar-refractivity contribution is -0.116. The van der Waals surface area contributed by atoms with E-state index in [1.54, 1.807) is 0 Å². The van der Waals surface area contributed by atoms with Gasteiger partial charge in [0.15, 0.2) is 0 Å². The Morgan fingerprint density at radius 1 is 1.38 bits per heavy atom. The van der Waals surface area contributed by atoms with Crippen LogP contribution in [0.3, 0.4) is 0 Å². The van der Waals surface area contributed by atoms with Crippen LogP contribution in [0.2, 0.25) is 0 Å². The van der Waals surface area contributed by atoms with E-state index < -0.39 is 0 Å². The van der Waals surface area contributed by atoms with Crippen molar-refractivity contribution in [2.24, 2.45) is 0 Å². The summed E-state index contributed by atoms with van der Waals surface area (Å²) in [5.41, 5.74) is 2.22. The minimum atomic E-state index is 0. The monoisotopic (exact) mass is 197 g/mol. The van der Waals surface area contributed by atoms with Crippen molar-refractivity contribution in [2.45, 2.75) is 19.3 Å². The molecule has 1 aliphatic rings. The summed E-state index contributed by atoms with van der Waals surface area (Å²) in [4.78, 5) is 11.1. The van der Waals surface area contributed by atoms with Gasteiger partial charge >= 0.3 is 0 Å². The molecule has 1 aliphatic heterocycles. The zero-order valence-electron chi connectivity index (χ0n) is 7.41. The van der Waals surface area contributed by atoms with E-state index in [-0.39, 0.29) is 18.3 Å². The Bertz CT molecular complexity index is 324. The molecule has 0 bridgehead atoms. The van der Waals surface area contributed by atoms with E-state index in [0.717, 1.165) is 5.69 Å². The third-order valence-corrected chi connectivity index (χ3v) is 2.26. The summed E-state index contributed by atoms with van der Waals surface area (Å²) < 4.78 is 0. The Labute approximate surface area is 83.7 Å². The highest BCUT2D eigenvalue weighted by atomic mass is 35.5. The predicted octanol–water partition coefficient (Wildman–Crippen LogP) is 2.55. The summed E-state index contributed by atoms with van der Waals surface area (Å²) in [6.07, 6.45) is 0.608. The number of carbonyl (C=O) groups is 1. The molecule has 1 unspecified atom stereocenters. The normalized spacial score (nSPS) is 19.8. The Kier molecular flexibility index (Phi) is 2.94. The second-order valence-corrected chi connectivity index (χ2v) is 3.24. The largest absolute Gasteiger partial charge is 0.326 e. The summed E-state index contributed by atoms with van der Waals surface area (Å²) in [7, 11) is 0. The van der Waals surface area contributed by atoms with Crippen molar-refractivity contribution in [3.8, 4) is 0 Å². The molecule has 0 aromatic heterocycles. The summed E-state index contributed by atoms with van der Waals surface area (Å²) in [5, 5.41) is 2.85. The summed E-state index contributed by atoms with van der Waals surface area (Å²) in [5.74, 6) is 0.483. The highest BCUT2D eigenvalue weighted by Crippen LogP contribution is 2.30. The molecule has 70 valence electrons. The standard InChI is InChI=1S/C10H11NO.ClH/c1-7-6-10(12)11-9-5-3-2-4-8(7)9;/h2-5,7H,6H2,1H3,(H,11,12);1H. The molecule has 0 fully saturated rings. The molecule has 1 atom stereocenters. The molecule has 1 amide bonds. The molecule has 2 rings (SSSR count). The van der Waals surface area contributed by atoms with Crippen LogP contribution in [0.5, 0.6) is 0 Å². The fourth-order valence-corrected chi connectivity index (χ4v) is 1.63. The van der Waals surface area contributed by atoms with E-state index in [0.29, 0.717) is 12.3 Å². The maximum Gasteiger partial charge on any atom is 0.224 e. The number of halogens is 1. The number of fused-ring (bicyclic) bond motifs is 1. The van der Waals surface area contributed by atoms with Crippen molar-refractivity contribution in [3.05, 3.63) is 29.8 Å². The van der Waals surface area contributed by atoms with Gasteiger partial charge < -0.3 is 5.32 Å². The number of nitrogens with one attached hydrogen (secondary N) is 1. The molecule has 13 heavy (non-hydrogen) atoms. The van der Waals surface area contributed by atoms with Crippen LogP contribution in [0, 0.1) is 0 Å². The van der Waals surface area contributed by atoms with Crippen molar-refractivity contribution < 1.29 is 4.79 Å². The SMILES string of the molecule is CC1CC(=O)Nc2ccccc21.Cl. The Morgan fingerprint density at radius 2 is 2.08 bits per heavy atom. The minimum Gasteiger partial charge on any atom is -0.326 e. The number of rotatable bonds is 0. The fourth-order valence-electron chi connectivity index (χ4n) is 1.63. The Morgan fingerprint density at radius 3 is 2.85 bits per heavy atom. The molecule has 2 nitrogen and oxygen atoms in total. The van der Waals surface area contributed by atoms with Crippen LogP contribution in [0.15, 0.2) is 24.3 Å². The van der Waals surface area contributed by atoms with E-state index in [9.17, 15) is 4.79 Å². The number of amides is 1. The molecule has 1 aromatic carbocycles. The Balaban J connectivity index is 0.000000845. The maximum absolute atomic E-state index is 11.1. The van der Waals surface area contributed by atoms with Gasteiger partial charge in [-0.25, -0.2) is 0 Å². The molecule has 0 aliphatic carbocycles. The summed E-state index contributed by atoms with van der Waals surface area (Å²) in [6, 6.07) is 7.96. The molecule has 0 radical (unpaired) electrons. The fraction of sp³-hybridized carbons (Fsp3) is 0.300. The van der Waals surface area contributed by atoms with Crippen molar-refractivity contribution in [2.75, 3.05) is 5.32 Å². The highest BCUT2D eigenvalue weighted by molar-refractivity contribution is 5.94. The average Bonchev–Trinajstić information content (AvgIpc) is 2.04. The molecule has 1 aromatic rings. The number of para-hydroxylation sites is 1. The topological polar surface area (TPSA) is 29.1 Å². The average molecular weight is 198 g/mol. The minimum absolute atomic E-state index is 0. The molecule has 1 N–H and O–H groups in total. The van der Waals surface area contributed by atoms with Gasteiger partial charge in [0.25, 0.3) is 0 Å². The number of hydrogen-bond donors (Lipinski definition) is 1. The van der Waals surface area contributed by atoms with Crippen LogP contribution in [-0.2, 0) is 4.79 Å². The first-order valence-electron chi connectivity index (χ1n) is 4.16. The molecule has 1 heterocycles. The van der Waals surface area contributed by atoms with Crippen LogP contribution in [0.4, 0.5) is 5.69 Å². The van der Waals surface area contributed by atoms with E-state index in [2.05, 4.69) is 18.3 Å². The summed E-state index contributed by atoms with van der Waals surface area (Å²) in [6.45, 7) is 2.08. The molecule has 0 saturated carbocycles. The van der Waals surface area contributed by atoms with Gasteiger partial charge in [-0.05, 0) is 17.5 Å². The second-order valence-electron chi connectivity index (χ2n) is 3.24. The van der Waals surface area contributed by atoms with Crippen LogP contribution >= 0.6 is 12.4 Å². The predicted molar refractivity (Wildman–Crippen MR) is 55.4 cm³/mol. The van der Waals surface area contributed by atoms with E-state index in [4.69, 9.17) is 0 Å². The Hall–Kier alpha value is -1.02. The van der Waals surface area contributed by atoms with Gasteiger partial charge in [0.05, 0.1) is 0 Å². The number of carbonyl (C=O) groups excluding carboxylic acids is 1. The third-order valence-electron chi connectivity index (χ3n) is 2.26. The second kappa shape index (κ2) is 3.79. The van der Waals surface area contributed by atoms with Crippen LogP contribution in [0.25, 0.3) is 0 Å². The number of anilines is 1. The van der Waals surface area contributed by atoms with Gasteiger partial charge in [0.2, 0.25) is 5.91 Å². The van der Waals surface area contributed by atoms with Crippen molar-refractivity contribution in [3.63, 3.8) is 0 Å². The van der Waals surface area contributed by atoms with Crippen molar-refractivity contribution in [1.29, 1.82) is 0 Å². The molecule has 3 heteroatoms. The van der Waals surface area contributed by atoms with Gasteiger partial charge in [-0.2, -0.15) is 0 Å². The molecular formula is C10H12ClNO. The van der Waals surface area contributed by atoms with E-state index >= 15 is 0 Å². The molecule has 0 spiro atoms. The van der Waals surface area contributed by atoms with E-state index in [1.165, 1.54) is 5.56 Å². The third kappa shape index (κ3) is 1.83. The van der Waals surface area contributed by atoms with Crippen molar-refractivity contribution >= 4 is 24.0 Å². The first-order chi connectivity index (χ1) is 5.77. The smallest absolute Gasteiger partial charge is 0.224 e. The van der Waals surface area contributed by atoms with E-state index in [1.807, 2.05) is 18.2 Å². The first-order valence-corrected chi connectivity index (χ1v) is 4.16. The lowest BCUT2D eigenvalue weighted by atomic mass is 9.92. The van der Waals surface area contributed by atoms with Crippen LogP contribution in [0.1, 0.15) is 24.8 Å². The quantitative estimate of drug-likeness (QED) is 0.681. The molecular weight excluding hydrogens is 186 g/mol. The van der Waals surface area contributed by atoms with Gasteiger partial charge in [-0.15, -0.1) is 12.4 Å². The van der Waals surface area contributed by atoms with Gasteiger partial charge in [-0.3, -0.25) is 4.79 Å². The van der Waals surface area contributed by atoms with Gasteiger partial charge in [0.1, 0.15) is 0 Å². The van der Waals surface area contributed by atoms with Gasteiger partial charge in [-0.1, -0.05) is 25.1 Å². The van der Waals surface area contributed by atoms with Crippen LogP contribution < -0.4 is 5.32 Å². The summed E-state index contributed by atoms with van der Waals surface area (Å²) >= 11 is 0.